The van der Waals surface area contributed by atoms with Crippen molar-refractivity contribution >= 4 is 29.4 Å². The van der Waals surface area contributed by atoms with E-state index in [1.165, 1.54) is 15.9 Å². The molecule has 1 nitrogen and oxygen atoms in total. The number of nitrogens with one attached hydrogen (secondary N) is 1. The minimum Gasteiger partial charge on any atom is -0.313 e. The van der Waals surface area contributed by atoms with Crippen molar-refractivity contribution in [1.29, 1.82) is 5.41 Å². The summed E-state index contributed by atoms with van der Waals surface area (Å²) in [5, 5.41) is 11.7. The summed E-state index contributed by atoms with van der Waals surface area (Å²) in [4.78, 5) is 0. The van der Waals surface area contributed by atoms with Gasteiger partial charge in [-0.1, -0.05) is 54.6 Å². The van der Waals surface area contributed by atoms with Crippen molar-refractivity contribution < 1.29 is 0 Å². The highest BCUT2D eigenvalue weighted by molar-refractivity contribution is 7.95. The Morgan fingerprint density at radius 2 is 0.957 bits per heavy atom. The molecule has 1 N–H and O–H groups in total. The minimum atomic E-state index is -1.72. The molecular weight excluding hydrogens is 297 g/mol. The molecule has 0 saturated carbocycles. The molecule has 0 atom stereocenters. The fourth-order valence-corrected chi connectivity index (χ4v) is 7.37. The third-order valence-electron chi connectivity index (χ3n) is 4.20. The largest absolute Gasteiger partial charge is 0.313 e. The van der Waals surface area contributed by atoms with Crippen LogP contribution >= 0.6 is 7.26 Å². The Morgan fingerprint density at radius 1 is 0.609 bits per heavy atom. The molecule has 0 aliphatic rings. The smallest absolute Gasteiger partial charge is 0.112 e. The second kappa shape index (κ2) is 7.35. The Labute approximate surface area is 138 Å². The Morgan fingerprint density at radius 3 is 1.26 bits per heavy atom. The van der Waals surface area contributed by atoms with Crippen LogP contribution < -0.4 is 15.9 Å². The zero-order valence-electron chi connectivity index (χ0n) is 13.1. The van der Waals surface area contributed by atoms with Crippen molar-refractivity contribution in [3.8, 4) is 0 Å². The lowest BCUT2D eigenvalue weighted by molar-refractivity contribution is 1.30. The van der Waals surface area contributed by atoms with Gasteiger partial charge in [0.2, 0.25) is 0 Å². The van der Waals surface area contributed by atoms with Crippen LogP contribution in [-0.2, 0) is 0 Å². The van der Waals surface area contributed by atoms with E-state index in [0.717, 1.165) is 12.6 Å². The SMILES string of the molecule is N=CCC[P+](c1ccccc1)(c1ccccc1)c1ccccc1. The van der Waals surface area contributed by atoms with Crippen LogP contribution in [0.2, 0.25) is 0 Å². The van der Waals surface area contributed by atoms with Gasteiger partial charge < -0.3 is 5.41 Å². The lowest BCUT2D eigenvalue weighted by Gasteiger charge is -2.27. The maximum atomic E-state index is 7.56. The van der Waals surface area contributed by atoms with Crippen LogP contribution in [0.4, 0.5) is 0 Å². The molecule has 0 heterocycles. The first-order valence-electron chi connectivity index (χ1n) is 7.92. The molecular formula is C21H21NP+. The third kappa shape index (κ3) is 3.11. The van der Waals surface area contributed by atoms with E-state index >= 15 is 0 Å². The van der Waals surface area contributed by atoms with E-state index in [-0.39, 0.29) is 0 Å². The second-order valence-corrected chi connectivity index (χ2v) is 9.15. The Bertz CT molecular complexity index is 642. The Balaban J connectivity index is 2.27. The molecule has 0 aromatic heterocycles. The molecule has 114 valence electrons. The quantitative estimate of drug-likeness (QED) is 0.524. The normalized spacial score (nSPS) is 11.1. The van der Waals surface area contributed by atoms with E-state index in [2.05, 4.69) is 91.0 Å². The van der Waals surface area contributed by atoms with Gasteiger partial charge in [-0.15, -0.1) is 0 Å². The lowest BCUT2D eigenvalue weighted by atomic mass is 10.4. The summed E-state index contributed by atoms with van der Waals surface area (Å²) in [5.41, 5.74) is 0. The molecule has 0 saturated heterocycles. The summed E-state index contributed by atoms with van der Waals surface area (Å²) >= 11 is 0. The number of hydrogen-bond donors (Lipinski definition) is 1. The molecule has 3 aromatic rings. The highest BCUT2D eigenvalue weighted by Crippen LogP contribution is 2.55. The summed E-state index contributed by atoms with van der Waals surface area (Å²) in [7, 11) is -1.72. The average molecular weight is 318 g/mol. The monoisotopic (exact) mass is 318 g/mol. The van der Waals surface area contributed by atoms with E-state index in [1.807, 2.05) is 0 Å². The van der Waals surface area contributed by atoms with Gasteiger partial charge in [0, 0.05) is 6.42 Å². The summed E-state index contributed by atoms with van der Waals surface area (Å²) in [6.07, 6.45) is 3.34. The van der Waals surface area contributed by atoms with E-state index in [0.29, 0.717) is 0 Å². The first-order valence-corrected chi connectivity index (χ1v) is 9.89. The average Bonchev–Trinajstić information content (AvgIpc) is 2.65. The van der Waals surface area contributed by atoms with Gasteiger partial charge in [0.1, 0.15) is 23.2 Å². The highest BCUT2D eigenvalue weighted by atomic mass is 31.2. The van der Waals surface area contributed by atoms with Gasteiger partial charge in [0.05, 0.1) is 6.16 Å². The fourth-order valence-electron chi connectivity index (χ4n) is 3.14. The van der Waals surface area contributed by atoms with Crippen molar-refractivity contribution in [3.63, 3.8) is 0 Å². The molecule has 0 fully saturated rings. The molecule has 0 spiro atoms. The standard InChI is InChI=1S/C21H21NP/c22-17-10-18-23(19-11-4-1-5-12-19,20-13-6-2-7-14-20)21-15-8-3-9-16-21/h1-9,11-17,22H,10,18H2/q+1. The van der Waals surface area contributed by atoms with Crippen LogP contribution in [-0.4, -0.2) is 12.4 Å². The molecule has 0 radical (unpaired) electrons. The first-order chi connectivity index (χ1) is 11.4. The first kappa shape index (κ1) is 15.6. The summed E-state index contributed by atoms with van der Waals surface area (Å²) < 4.78 is 0. The van der Waals surface area contributed by atoms with Gasteiger partial charge in [-0.3, -0.25) is 0 Å². The predicted octanol–water partition coefficient (Wildman–Crippen LogP) is 4.02. The molecule has 3 aromatic carbocycles. The maximum Gasteiger partial charge on any atom is 0.112 e. The van der Waals surface area contributed by atoms with Gasteiger partial charge in [-0.25, -0.2) is 0 Å². The molecule has 0 amide bonds. The van der Waals surface area contributed by atoms with Gasteiger partial charge in [-0.05, 0) is 42.6 Å². The van der Waals surface area contributed by atoms with Crippen LogP contribution in [0.15, 0.2) is 91.0 Å². The summed E-state index contributed by atoms with van der Waals surface area (Å²) in [5.74, 6) is 0. The zero-order valence-corrected chi connectivity index (χ0v) is 14.0. The highest BCUT2D eigenvalue weighted by Gasteiger charge is 2.44. The number of rotatable bonds is 6. The zero-order chi connectivity index (χ0) is 16.0. The van der Waals surface area contributed by atoms with Crippen LogP contribution in [0.1, 0.15) is 6.42 Å². The van der Waals surface area contributed by atoms with Gasteiger partial charge in [0.15, 0.2) is 0 Å². The summed E-state index contributed by atoms with van der Waals surface area (Å²) in [6.45, 7) is 0. The van der Waals surface area contributed by atoms with Crippen molar-refractivity contribution in [2.45, 2.75) is 6.42 Å². The predicted molar refractivity (Wildman–Crippen MR) is 103 cm³/mol. The van der Waals surface area contributed by atoms with E-state index in [9.17, 15) is 0 Å². The van der Waals surface area contributed by atoms with Crippen molar-refractivity contribution in [2.75, 3.05) is 6.16 Å². The Hall–Kier alpha value is -2.24. The van der Waals surface area contributed by atoms with Crippen LogP contribution in [0.25, 0.3) is 0 Å². The van der Waals surface area contributed by atoms with Gasteiger partial charge >= 0.3 is 0 Å². The van der Waals surface area contributed by atoms with E-state index < -0.39 is 7.26 Å². The molecule has 23 heavy (non-hydrogen) atoms. The van der Waals surface area contributed by atoms with Crippen molar-refractivity contribution in [2.24, 2.45) is 0 Å². The topological polar surface area (TPSA) is 23.9 Å². The maximum absolute atomic E-state index is 7.56. The molecule has 0 aliphatic heterocycles. The van der Waals surface area contributed by atoms with Crippen molar-refractivity contribution in [3.05, 3.63) is 91.0 Å². The van der Waals surface area contributed by atoms with E-state index in [1.54, 1.807) is 6.21 Å². The van der Waals surface area contributed by atoms with Crippen LogP contribution in [0, 0.1) is 5.41 Å². The van der Waals surface area contributed by atoms with E-state index in [4.69, 9.17) is 5.41 Å². The van der Waals surface area contributed by atoms with Gasteiger partial charge in [-0.2, -0.15) is 0 Å². The molecule has 0 bridgehead atoms. The molecule has 3 rings (SSSR count). The van der Waals surface area contributed by atoms with Gasteiger partial charge in [0.25, 0.3) is 0 Å². The van der Waals surface area contributed by atoms with Crippen molar-refractivity contribution in [1.82, 2.24) is 0 Å². The van der Waals surface area contributed by atoms with Crippen LogP contribution in [0.3, 0.4) is 0 Å². The molecule has 2 heteroatoms. The van der Waals surface area contributed by atoms with Crippen LogP contribution in [0.5, 0.6) is 0 Å². The Kier molecular flexibility index (Phi) is 5.00. The minimum absolute atomic E-state index is 0.798. The molecule has 0 aliphatic carbocycles. The summed E-state index contributed by atoms with van der Waals surface area (Å²) in [6, 6.07) is 32.5. The fraction of sp³-hybridized carbons (Fsp3) is 0.0952. The number of benzene rings is 3. The molecule has 0 unspecified atom stereocenters. The number of hydrogen-bond acceptors (Lipinski definition) is 1. The second-order valence-electron chi connectivity index (χ2n) is 5.53. The lowest BCUT2D eigenvalue weighted by Crippen LogP contribution is -2.33. The third-order valence-corrected chi connectivity index (χ3v) is 8.67.